The van der Waals surface area contributed by atoms with Gasteiger partial charge >= 0.3 is 0 Å². The Bertz CT molecular complexity index is 1200. The fourth-order valence-electron chi connectivity index (χ4n) is 17.1. The van der Waals surface area contributed by atoms with Crippen molar-refractivity contribution >= 4 is 0 Å². The summed E-state index contributed by atoms with van der Waals surface area (Å²) in [5.41, 5.74) is 1.68. The van der Waals surface area contributed by atoms with Gasteiger partial charge in [0, 0.05) is 61.8 Å². The van der Waals surface area contributed by atoms with Crippen LogP contribution < -0.4 is 0 Å². The molecule has 13 heterocycles. The first-order chi connectivity index (χ1) is 26.0. The molecule has 7 aliphatic carbocycles. The van der Waals surface area contributed by atoms with E-state index in [4.69, 9.17) is 0 Å². The first kappa shape index (κ1) is 38.0. The molecular formula is C49H85N5. The zero-order chi connectivity index (χ0) is 37.1. The van der Waals surface area contributed by atoms with Crippen LogP contribution >= 0.6 is 0 Å². The molecule has 0 spiro atoms. The maximum atomic E-state index is 2.77. The number of hydrogen-bond acceptors (Lipinski definition) is 5. The van der Waals surface area contributed by atoms with Gasteiger partial charge in [-0.25, -0.2) is 0 Å². The first-order valence-electron chi connectivity index (χ1n) is 24.7. The van der Waals surface area contributed by atoms with Crippen molar-refractivity contribution in [2.24, 2.45) is 75.9 Å². The van der Waals surface area contributed by atoms with Crippen molar-refractivity contribution in [3.63, 3.8) is 0 Å². The lowest BCUT2D eigenvalue weighted by molar-refractivity contribution is -0.589. The lowest BCUT2D eigenvalue weighted by atomic mass is 9.11. The summed E-state index contributed by atoms with van der Waals surface area (Å²) in [5, 5.41) is 0. The summed E-state index contributed by atoms with van der Waals surface area (Å²) >= 11 is 0. The summed E-state index contributed by atoms with van der Waals surface area (Å²) in [5.74, 6) is 12.1. The third-order valence-corrected chi connectivity index (χ3v) is 20.7. The second kappa shape index (κ2) is 14.5. The Balaban J connectivity index is 0.0000000803. The summed E-state index contributed by atoms with van der Waals surface area (Å²) < 4.78 is 0. The highest BCUT2D eigenvalue weighted by atomic mass is 15.5. The SMILES string of the molecule is CC12C3C4C5C3C1N5C42.CC12CCC(CC1)CC2.CC1CC2CCC1N(C)C2.CC1CC2CCN1CC2.CC1CN2CCC1C2.CC1CN2CCC1CC2. The van der Waals surface area contributed by atoms with E-state index >= 15 is 0 Å². The lowest BCUT2D eigenvalue weighted by Crippen LogP contribution is -3.16. The number of fused-ring (bicyclic) bond motifs is 14. The minimum atomic E-state index is 0.786. The van der Waals surface area contributed by atoms with E-state index in [2.05, 4.69) is 73.1 Å². The van der Waals surface area contributed by atoms with Gasteiger partial charge in [0.15, 0.2) is 0 Å². The number of hydrogen-bond donors (Lipinski definition) is 0. The van der Waals surface area contributed by atoms with Crippen molar-refractivity contribution in [2.75, 3.05) is 66.0 Å². The van der Waals surface area contributed by atoms with Gasteiger partial charge in [-0.3, -0.25) is 4.90 Å². The summed E-state index contributed by atoms with van der Waals surface area (Å²) in [4.78, 5) is 13.1. The number of rotatable bonds is 0. The van der Waals surface area contributed by atoms with Crippen LogP contribution in [0.15, 0.2) is 0 Å². The third kappa shape index (κ3) is 6.29. The maximum absolute atomic E-state index is 2.77. The molecule has 12 unspecified atom stereocenters. The van der Waals surface area contributed by atoms with Gasteiger partial charge in [0.25, 0.3) is 0 Å². The molecule has 306 valence electrons. The highest BCUT2D eigenvalue weighted by molar-refractivity contribution is 5.54. The Morgan fingerprint density at radius 1 is 0.519 bits per heavy atom. The summed E-state index contributed by atoms with van der Waals surface area (Å²) in [6.45, 7) is 27.0. The van der Waals surface area contributed by atoms with E-state index in [1.807, 2.05) is 0 Å². The van der Waals surface area contributed by atoms with Gasteiger partial charge in [-0.2, -0.15) is 0 Å². The number of piperidine rings is 21. The molecule has 13 saturated heterocycles. The maximum Gasteiger partial charge on any atom is 0.0220 e. The van der Waals surface area contributed by atoms with E-state index < -0.39 is 0 Å². The van der Waals surface area contributed by atoms with E-state index in [0.717, 1.165) is 88.4 Å². The van der Waals surface area contributed by atoms with Gasteiger partial charge in [0.1, 0.15) is 0 Å². The molecule has 20 fully saturated rings. The van der Waals surface area contributed by atoms with Crippen LogP contribution in [0.5, 0.6) is 0 Å². The zero-order valence-electron chi connectivity index (χ0n) is 36.4. The minimum Gasteiger partial charge on any atom is -0.303 e. The Morgan fingerprint density at radius 2 is 1.13 bits per heavy atom. The molecule has 12 atom stereocenters. The second-order valence-corrected chi connectivity index (χ2v) is 23.8. The molecule has 0 aromatic heterocycles. The predicted molar refractivity (Wildman–Crippen MR) is 224 cm³/mol. The molecule has 20 aliphatic rings. The Labute approximate surface area is 333 Å². The number of nitrogens with zero attached hydrogens (tertiary/aromatic N) is 5. The van der Waals surface area contributed by atoms with Gasteiger partial charge in [-0.05, 0) is 214 Å². The molecule has 0 N–H and O–H groups in total. The van der Waals surface area contributed by atoms with E-state index in [-0.39, 0.29) is 0 Å². The van der Waals surface area contributed by atoms with Crippen LogP contribution in [0.4, 0.5) is 0 Å². The van der Waals surface area contributed by atoms with E-state index in [9.17, 15) is 0 Å². The van der Waals surface area contributed by atoms with Crippen molar-refractivity contribution in [1.29, 1.82) is 0 Å². The third-order valence-electron chi connectivity index (χ3n) is 20.7. The predicted octanol–water partition coefficient (Wildman–Crippen LogP) is 8.83. The molecule has 7 saturated carbocycles. The second-order valence-electron chi connectivity index (χ2n) is 23.8. The van der Waals surface area contributed by atoms with E-state index in [0.29, 0.717) is 0 Å². The van der Waals surface area contributed by atoms with Gasteiger partial charge in [-0.15, -0.1) is 0 Å². The normalized spacial score (nSPS) is 58.2. The summed E-state index contributed by atoms with van der Waals surface area (Å²) in [6.07, 6.45) is 22.5. The monoisotopic (exact) mass is 744 g/mol. The van der Waals surface area contributed by atoms with Crippen LogP contribution in [0.1, 0.15) is 138 Å². The molecule has 0 radical (unpaired) electrons. The van der Waals surface area contributed by atoms with Crippen molar-refractivity contribution in [3.8, 4) is 0 Å². The van der Waals surface area contributed by atoms with Gasteiger partial charge in [-0.1, -0.05) is 34.6 Å². The van der Waals surface area contributed by atoms with Crippen LogP contribution in [-0.4, -0.2) is 121 Å². The topological polar surface area (TPSA) is 16.2 Å². The molecule has 0 aromatic rings. The van der Waals surface area contributed by atoms with E-state index in [1.54, 1.807) is 0 Å². The van der Waals surface area contributed by atoms with Crippen LogP contribution in [0.3, 0.4) is 0 Å². The highest BCUT2D eigenvalue weighted by Gasteiger charge is 3.02. The van der Waals surface area contributed by atoms with Crippen molar-refractivity contribution in [1.82, 2.24) is 24.5 Å². The molecule has 10 bridgehead atoms. The highest BCUT2D eigenvalue weighted by Crippen LogP contribution is 2.95. The Hall–Kier alpha value is -0.200. The smallest absolute Gasteiger partial charge is 0.0220 e. The van der Waals surface area contributed by atoms with Gasteiger partial charge < -0.3 is 19.6 Å². The zero-order valence-corrected chi connectivity index (χ0v) is 36.4. The molecule has 5 nitrogen and oxygen atoms in total. The Morgan fingerprint density at radius 3 is 1.39 bits per heavy atom. The molecular weight excluding hydrogens is 659 g/mol. The van der Waals surface area contributed by atoms with Crippen molar-refractivity contribution in [2.45, 2.75) is 168 Å². The molecule has 0 aromatic carbocycles. The van der Waals surface area contributed by atoms with Gasteiger partial charge in [0.05, 0.1) is 0 Å². The molecule has 0 amide bonds. The average Bonchev–Trinajstić information content (AvgIpc) is 3.81. The first-order valence-corrected chi connectivity index (χ1v) is 24.7. The molecule has 13 aliphatic heterocycles. The van der Waals surface area contributed by atoms with Gasteiger partial charge in [0.2, 0.25) is 0 Å². The summed E-state index contributed by atoms with van der Waals surface area (Å²) in [6, 6.07) is 5.19. The standard InChI is InChI=1S/C9H17N.C9H16.C8H9N.2C8H15N.C7H13N/c1-7-5-8-3-4-9(7)10(2)6-8;1-9-5-2-8(3-6-9)4-7-9;1-8-4-2-5-3(4)7(8)9(5)6(2)8;1-7-6-9-4-2-8(7)3-5-9;1-7-6-8-2-4-9(7)5-3-8;1-6-4-8-3-2-7(6)5-8/h7-9H,3-6H2,1-2H3;8H,2-7H2,1H3;2-7H,1H3;2*7-8H,2-6H2,1H3;6-7H,2-5H2,1H3. The van der Waals surface area contributed by atoms with Crippen molar-refractivity contribution < 1.29 is 0 Å². The average molecular weight is 744 g/mol. The van der Waals surface area contributed by atoms with Crippen LogP contribution in [0, 0.1) is 75.9 Å². The fourth-order valence-corrected chi connectivity index (χ4v) is 17.1. The van der Waals surface area contributed by atoms with E-state index in [1.165, 1.54) is 173 Å². The minimum absolute atomic E-state index is 0.786. The Kier molecular flexibility index (Phi) is 10.2. The lowest BCUT2D eigenvalue weighted by Gasteiger charge is -3.08. The summed E-state index contributed by atoms with van der Waals surface area (Å²) in [7, 11) is 2.28. The molecule has 54 heavy (non-hydrogen) atoms. The molecule has 20 rings (SSSR count). The van der Waals surface area contributed by atoms with Crippen LogP contribution in [-0.2, 0) is 0 Å². The van der Waals surface area contributed by atoms with Crippen LogP contribution in [0.2, 0.25) is 0 Å². The van der Waals surface area contributed by atoms with Crippen LogP contribution in [0.25, 0.3) is 0 Å². The largest absolute Gasteiger partial charge is 0.303 e. The fraction of sp³-hybridized carbons (Fsp3) is 1.00. The van der Waals surface area contributed by atoms with Crippen molar-refractivity contribution in [3.05, 3.63) is 0 Å². The molecule has 5 heteroatoms. The quantitative estimate of drug-likeness (QED) is 0.246.